The molecule has 1 atom stereocenters. The lowest BCUT2D eigenvalue weighted by atomic mass is 10.0. The largest absolute Gasteiger partial charge is 0.436 e. The van der Waals surface area contributed by atoms with Gasteiger partial charge in [-0.05, 0) is 13.8 Å². The summed E-state index contributed by atoms with van der Waals surface area (Å²) in [5.41, 5.74) is -1.94. The second-order valence-corrected chi connectivity index (χ2v) is 6.49. The molecule has 3 heterocycles. The Bertz CT molecular complexity index is 1070. The molecular formula is C18H16F5N7O. The van der Waals surface area contributed by atoms with E-state index < -0.39 is 41.0 Å². The fourth-order valence-corrected chi connectivity index (χ4v) is 3.09. The lowest BCUT2D eigenvalue weighted by Crippen LogP contribution is -2.40. The van der Waals surface area contributed by atoms with Gasteiger partial charge in [-0.2, -0.15) is 17.9 Å². The molecule has 8 nitrogen and oxygen atoms in total. The predicted octanol–water partition coefficient (Wildman–Crippen LogP) is 3.03. The Morgan fingerprint density at radius 3 is 2.55 bits per heavy atom. The molecule has 0 bridgehead atoms. The summed E-state index contributed by atoms with van der Waals surface area (Å²) in [5, 5.41) is 7.90. The Labute approximate surface area is 172 Å². The minimum absolute atomic E-state index is 0.0201. The van der Waals surface area contributed by atoms with Crippen molar-refractivity contribution >= 4 is 12.1 Å². The molecule has 0 unspecified atom stereocenters. The van der Waals surface area contributed by atoms with Gasteiger partial charge in [0.05, 0.1) is 29.7 Å². The Morgan fingerprint density at radius 2 is 1.97 bits per heavy atom. The predicted molar refractivity (Wildman–Crippen MR) is 98.2 cm³/mol. The van der Waals surface area contributed by atoms with Crippen LogP contribution in [0, 0.1) is 5.82 Å². The third-order valence-corrected chi connectivity index (χ3v) is 4.56. The summed E-state index contributed by atoms with van der Waals surface area (Å²) in [7, 11) is 0. The molecule has 0 saturated heterocycles. The van der Waals surface area contributed by atoms with E-state index in [9.17, 15) is 26.7 Å². The van der Waals surface area contributed by atoms with E-state index in [1.807, 2.05) is 0 Å². The molecule has 0 fully saturated rings. The Kier molecular flexibility index (Phi) is 5.95. The Balaban J connectivity index is 1.89. The van der Waals surface area contributed by atoms with Crippen molar-refractivity contribution in [3.8, 4) is 5.95 Å². The zero-order valence-electron chi connectivity index (χ0n) is 16.4. The van der Waals surface area contributed by atoms with E-state index in [-0.39, 0.29) is 18.9 Å². The van der Waals surface area contributed by atoms with E-state index in [1.165, 1.54) is 11.6 Å². The molecule has 31 heavy (non-hydrogen) atoms. The van der Waals surface area contributed by atoms with Crippen molar-refractivity contribution < 1.29 is 26.7 Å². The molecule has 164 valence electrons. The van der Waals surface area contributed by atoms with E-state index in [4.69, 9.17) is 0 Å². The molecule has 3 rings (SSSR count). The molecule has 0 aromatic carbocycles. The summed E-state index contributed by atoms with van der Waals surface area (Å²) in [6, 6.07) is -0.751. The number of aliphatic imine (C=N–C) groups is 1. The van der Waals surface area contributed by atoms with E-state index >= 15 is 0 Å². The Morgan fingerprint density at radius 1 is 1.32 bits per heavy atom. The molecule has 1 aliphatic heterocycles. The van der Waals surface area contributed by atoms with E-state index in [2.05, 4.69) is 31.9 Å². The smallest absolute Gasteiger partial charge is 0.330 e. The van der Waals surface area contributed by atoms with Gasteiger partial charge in [0, 0.05) is 19.2 Å². The number of alkyl halides is 3. The number of nitrogens with zero attached hydrogens (tertiary/aromatic N) is 7. The maximum Gasteiger partial charge on any atom is 0.436 e. The van der Waals surface area contributed by atoms with Gasteiger partial charge in [0.15, 0.2) is 17.3 Å². The summed E-state index contributed by atoms with van der Waals surface area (Å²) in [6.07, 6.45) is -2.25. The van der Waals surface area contributed by atoms with Gasteiger partial charge < -0.3 is 4.90 Å². The van der Waals surface area contributed by atoms with Crippen LogP contribution in [0.25, 0.3) is 5.95 Å². The van der Waals surface area contributed by atoms with Crippen molar-refractivity contribution in [2.75, 3.05) is 6.54 Å². The topological polar surface area (TPSA) is 89.2 Å². The molecule has 2 aromatic rings. The van der Waals surface area contributed by atoms with Crippen molar-refractivity contribution in [3.05, 3.63) is 53.3 Å². The number of carbonyl (C=O) groups excluding carboxylic acids is 1. The van der Waals surface area contributed by atoms with Gasteiger partial charge in [0.1, 0.15) is 5.69 Å². The second-order valence-electron chi connectivity index (χ2n) is 6.49. The van der Waals surface area contributed by atoms with E-state index in [0.29, 0.717) is 11.4 Å². The maximum absolute atomic E-state index is 14.4. The average Bonchev–Trinajstić information content (AvgIpc) is 3.15. The lowest BCUT2D eigenvalue weighted by molar-refractivity contribution is -0.129. The lowest BCUT2D eigenvalue weighted by Gasteiger charge is -2.32. The zero-order chi connectivity index (χ0) is 22.9. The SMILES string of the molecule is C=C(C(=O)N1CCc2c(nnn2-c2ncc(F)cn2)[C@@H]1C)/C(F)=C(\N=C/C)C(F)(F)F. The monoisotopic (exact) mass is 441 g/mol. The number of halogens is 5. The van der Waals surface area contributed by atoms with Crippen LogP contribution in [0.2, 0.25) is 0 Å². The summed E-state index contributed by atoms with van der Waals surface area (Å²) in [5.74, 6) is -3.46. The van der Waals surface area contributed by atoms with E-state index in [0.717, 1.165) is 23.5 Å². The highest BCUT2D eigenvalue weighted by Gasteiger charge is 2.40. The van der Waals surface area contributed by atoms with Crippen LogP contribution in [0.4, 0.5) is 22.0 Å². The summed E-state index contributed by atoms with van der Waals surface area (Å²) >= 11 is 0. The van der Waals surface area contributed by atoms with Crippen molar-refractivity contribution in [2.24, 2.45) is 4.99 Å². The first-order valence-corrected chi connectivity index (χ1v) is 8.94. The van der Waals surface area contributed by atoms with Crippen LogP contribution in [0.15, 0.2) is 41.1 Å². The summed E-state index contributed by atoms with van der Waals surface area (Å²) in [6.45, 7) is 5.97. The minimum Gasteiger partial charge on any atom is -0.330 e. The number of carbonyl (C=O) groups is 1. The third kappa shape index (κ3) is 4.20. The molecule has 0 saturated carbocycles. The van der Waals surface area contributed by atoms with Crippen molar-refractivity contribution in [3.63, 3.8) is 0 Å². The first kappa shape index (κ1) is 22.2. The standard InChI is InChI=1S/C18H16F5N7O/c1-4-24-15(18(21,22)23)13(20)9(2)16(31)29-6-5-12-14(10(29)3)27-28-30(12)17-25-7-11(19)8-26-17/h4,7-8,10H,2,5-6H2,1,3H3/b15-13+,24-4-/t10-/m0/s1. The molecular weight excluding hydrogens is 425 g/mol. The van der Waals surface area contributed by atoms with Crippen molar-refractivity contribution in [2.45, 2.75) is 32.5 Å². The molecule has 13 heteroatoms. The molecule has 1 aliphatic rings. The van der Waals surface area contributed by atoms with Crippen molar-refractivity contribution in [1.82, 2.24) is 29.9 Å². The summed E-state index contributed by atoms with van der Waals surface area (Å²) in [4.78, 5) is 24.5. The van der Waals surface area contributed by atoms with Crippen LogP contribution < -0.4 is 0 Å². The second kappa shape index (κ2) is 8.32. The highest BCUT2D eigenvalue weighted by molar-refractivity contribution is 5.97. The molecule has 0 aliphatic carbocycles. The number of hydrogen-bond donors (Lipinski definition) is 0. The number of rotatable bonds is 4. The van der Waals surface area contributed by atoms with Gasteiger partial charge in [-0.3, -0.25) is 9.79 Å². The highest BCUT2D eigenvalue weighted by Crippen LogP contribution is 2.35. The fourth-order valence-electron chi connectivity index (χ4n) is 3.09. The van der Waals surface area contributed by atoms with Gasteiger partial charge in [0.25, 0.3) is 11.9 Å². The number of allylic oxidation sites excluding steroid dienone is 1. The van der Waals surface area contributed by atoms with Crippen LogP contribution in [-0.2, 0) is 11.2 Å². The molecule has 2 aromatic heterocycles. The molecule has 0 radical (unpaired) electrons. The normalized spacial score (nSPS) is 17.5. The van der Waals surface area contributed by atoms with Crippen LogP contribution in [0.3, 0.4) is 0 Å². The van der Waals surface area contributed by atoms with Crippen LogP contribution in [0.1, 0.15) is 31.3 Å². The van der Waals surface area contributed by atoms with E-state index in [1.54, 1.807) is 6.92 Å². The number of hydrogen-bond acceptors (Lipinski definition) is 6. The third-order valence-electron chi connectivity index (χ3n) is 4.56. The molecule has 0 N–H and O–H groups in total. The average molecular weight is 441 g/mol. The highest BCUT2D eigenvalue weighted by atomic mass is 19.4. The van der Waals surface area contributed by atoms with Gasteiger partial charge in [-0.1, -0.05) is 11.8 Å². The number of fused-ring (bicyclic) bond motifs is 1. The quantitative estimate of drug-likeness (QED) is 0.315. The van der Waals surface area contributed by atoms with Gasteiger partial charge in [-0.25, -0.2) is 18.7 Å². The number of amides is 1. The van der Waals surface area contributed by atoms with Crippen LogP contribution >= 0.6 is 0 Å². The zero-order valence-corrected chi connectivity index (χ0v) is 16.4. The first-order valence-electron chi connectivity index (χ1n) is 8.94. The summed E-state index contributed by atoms with van der Waals surface area (Å²) < 4.78 is 67.9. The molecule has 0 spiro atoms. The first-order chi connectivity index (χ1) is 14.6. The maximum atomic E-state index is 14.4. The molecule has 1 amide bonds. The van der Waals surface area contributed by atoms with Crippen molar-refractivity contribution in [1.29, 1.82) is 0 Å². The number of aromatic nitrogens is 5. The van der Waals surface area contributed by atoms with Gasteiger partial charge in [0.2, 0.25) is 0 Å². The van der Waals surface area contributed by atoms with Crippen LogP contribution in [0.5, 0.6) is 0 Å². The van der Waals surface area contributed by atoms with Crippen LogP contribution in [-0.4, -0.2) is 54.7 Å². The van der Waals surface area contributed by atoms with Gasteiger partial charge in [-0.15, -0.1) is 5.10 Å². The Hall–Kier alpha value is -3.51. The van der Waals surface area contributed by atoms with Gasteiger partial charge >= 0.3 is 6.18 Å². The fraction of sp³-hybridized carbons (Fsp3) is 0.333. The minimum atomic E-state index is -5.10.